The van der Waals surface area contributed by atoms with Crippen LogP contribution in [0, 0.1) is 17.0 Å². The van der Waals surface area contributed by atoms with Crippen molar-refractivity contribution in [3.8, 4) is 0 Å². The second kappa shape index (κ2) is 5.41. The summed E-state index contributed by atoms with van der Waals surface area (Å²) in [5, 5.41) is 25.5. The zero-order chi connectivity index (χ0) is 14.9. The molecule has 7 nitrogen and oxygen atoms in total. The molecule has 20 heavy (non-hydrogen) atoms. The average Bonchev–Trinajstić information content (AvgIpc) is 2.67. The number of nitro groups is 1. The van der Waals surface area contributed by atoms with Gasteiger partial charge in [-0.15, -0.1) is 0 Å². The molecule has 104 valence electrons. The van der Waals surface area contributed by atoms with Gasteiger partial charge in [0.25, 0.3) is 0 Å². The summed E-state index contributed by atoms with van der Waals surface area (Å²) >= 11 is 3.12. The SMILES string of the molecule is Cc1c(Br)c([N+](=O)[O-])nn1Cc1cccc(C(=O)[O-])c1. The zero-order valence-corrected chi connectivity index (χ0v) is 12.0. The van der Waals surface area contributed by atoms with E-state index in [1.807, 2.05) is 0 Å². The van der Waals surface area contributed by atoms with E-state index in [9.17, 15) is 20.0 Å². The Bertz CT molecular complexity index is 696. The Morgan fingerprint density at radius 3 is 2.75 bits per heavy atom. The molecule has 1 aromatic carbocycles. The molecule has 0 spiro atoms. The number of aromatic nitrogens is 2. The number of hydrogen-bond acceptors (Lipinski definition) is 5. The molecule has 0 radical (unpaired) electrons. The van der Waals surface area contributed by atoms with Gasteiger partial charge >= 0.3 is 5.82 Å². The van der Waals surface area contributed by atoms with Gasteiger partial charge in [-0.25, -0.2) is 0 Å². The van der Waals surface area contributed by atoms with Crippen molar-refractivity contribution in [1.82, 2.24) is 9.78 Å². The number of carbonyl (C=O) groups excluding carboxylic acids is 1. The van der Waals surface area contributed by atoms with Crippen LogP contribution in [0.1, 0.15) is 21.6 Å². The number of carboxylic acid groups (broad SMARTS) is 1. The Balaban J connectivity index is 2.35. The largest absolute Gasteiger partial charge is 0.545 e. The Morgan fingerprint density at radius 1 is 1.50 bits per heavy atom. The van der Waals surface area contributed by atoms with Crippen LogP contribution in [-0.2, 0) is 6.54 Å². The summed E-state index contributed by atoms with van der Waals surface area (Å²) in [4.78, 5) is 21.0. The van der Waals surface area contributed by atoms with Gasteiger partial charge in [-0.1, -0.05) is 18.2 Å². The number of hydrogen-bond donors (Lipinski definition) is 0. The van der Waals surface area contributed by atoms with Gasteiger partial charge in [0.2, 0.25) is 0 Å². The molecule has 0 saturated heterocycles. The Labute approximate surface area is 122 Å². The molecule has 0 amide bonds. The first kappa shape index (κ1) is 14.2. The molecule has 8 heteroatoms. The molecule has 0 aliphatic heterocycles. The van der Waals surface area contributed by atoms with Crippen molar-refractivity contribution in [3.05, 3.63) is 55.7 Å². The van der Waals surface area contributed by atoms with Crippen molar-refractivity contribution in [3.63, 3.8) is 0 Å². The van der Waals surface area contributed by atoms with Gasteiger partial charge in [0.1, 0.15) is 4.47 Å². The Hall–Kier alpha value is -2.22. The molecule has 0 saturated carbocycles. The maximum absolute atomic E-state index is 10.8. The van der Waals surface area contributed by atoms with Crippen molar-refractivity contribution in [2.75, 3.05) is 0 Å². The molecule has 0 bridgehead atoms. The van der Waals surface area contributed by atoms with Crippen LogP contribution < -0.4 is 5.11 Å². The third-order valence-corrected chi connectivity index (χ3v) is 3.71. The summed E-state index contributed by atoms with van der Waals surface area (Å²) in [6, 6.07) is 6.18. The van der Waals surface area contributed by atoms with Gasteiger partial charge < -0.3 is 20.0 Å². The van der Waals surface area contributed by atoms with E-state index < -0.39 is 10.9 Å². The molecule has 0 aliphatic rings. The molecular weight excluding hydrogens is 330 g/mol. The van der Waals surface area contributed by atoms with Crippen molar-refractivity contribution < 1.29 is 14.8 Å². The molecule has 1 aromatic heterocycles. The lowest BCUT2D eigenvalue weighted by atomic mass is 10.1. The van der Waals surface area contributed by atoms with Crippen molar-refractivity contribution >= 4 is 27.7 Å². The molecule has 0 unspecified atom stereocenters. The normalized spacial score (nSPS) is 10.5. The van der Waals surface area contributed by atoms with Crippen molar-refractivity contribution in [2.45, 2.75) is 13.5 Å². The third-order valence-electron chi connectivity index (χ3n) is 2.78. The highest BCUT2D eigenvalue weighted by Gasteiger charge is 2.23. The summed E-state index contributed by atoms with van der Waals surface area (Å²) in [5.41, 5.74) is 1.32. The number of rotatable bonds is 4. The van der Waals surface area contributed by atoms with Gasteiger partial charge in [-0.2, -0.15) is 4.68 Å². The van der Waals surface area contributed by atoms with E-state index >= 15 is 0 Å². The number of carboxylic acids is 1. The zero-order valence-electron chi connectivity index (χ0n) is 10.4. The lowest BCUT2D eigenvalue weighted by molar-refractivity contribution is -0.390. The summed E-state index contributed by atoms with van der Waals surface area (Å²) in [6.45, 7) is 1.92. The smallest absolute Gasteiger partial charge is 0.404 e. The van der Waals surface area contributed by atoms with E-state index in [1.54, 1.807) is 19.1 Å². The molecular formula is C12H9BrN3O4-. The van der Waals surface area contributed by atoms with Crippen LogP contribution in [0.5, 0.6) is 0 Å². The summed E-state index contributed by atoms with van der Waals surface area (Å²) in [7, 11) is 0. The first-order valence-corrected chi connectivity index (χ1v) is 6.37. The molecule has 2 aromatic rings. The third kappa shape index (κ3) is 2.69. The standard InChI is InChI=1S/C12H10BrN3O4/c1-7-10(13)11(16(19)20)14-15(7)6-8-3-2-4-9(5-8)12(17)18/h2-5H,6H2,1H3,(H,17,18)/p-1. The van der Waals surface area contributed by atoms with Crippen molar-refractivity contribution in [2.24, 2.45) is 0 Å². The van der Waals surface area contributed by atoms with Gasteiger partial charge in [0.15, 0.2) is 0 Å². The number of halogens is 1. The second-order valence-corrected chi connectivity index (χ2v) is 4.92. The predicted octanol–water partition coefficient (Wildman–Crippen LogP) is 1.27. The average molecular weight is 339 g/mol. The number of aromatic carboxylic acids is 1. The topological polar surface area (TPSA) is 101 Å². The molecule has 0 atom stereocenters. The maximum atomic E-state index is 10.8. The highest BCUT2D eigenvalue weighted by atomic mass is 79.9. The molecule has 0 N–H and O–H groups in total. The second-order valence-electron chi connectivity index (χ2n) is 4.13. The highest BCUT2D eigenvalue weighted by molar-refractivity contribution is 9.10. The van der Waals surface area contributed by atoms with Crippen LogP contribution >= 0.6 is 15.9 Å². The number of benzene rings is 1. The van der Waals surface area contributed by atoms with Crippen LogP contribution in [-0.4, -0.2) is 20.7 Å². The monoisotopic (exact) mass is 338 g/mol. The first-order chi connectivity index (χ1) is 9.40. The highest BCUT2D eigenvalue weighted by Crippen LogP contribution is 2.27. The quantitative estimate of drug-likeness (QED) is 0.617. The van der Waals surface area contributed by atoms with E-state index in [0.717, 1.165) is 0 Å². The molecule has 0 fully saturated rings. The Morgan fingerprint density at radius 2 is 2.20 bits per heavy atom. The van der Waals surface area contributed by atoms with Gasteiger partial charge in [-0.05, 0) is 45.0 Å². The fourth-order valence-corrected chi connectivity index (χ4v) is 2.18. The molecule has 2 rings (SSSR count). The summed E-state index contributed by atoms with van der Waals surface area (Å²) < 4.78 is 1.76. The fourth-order valence-electron chi connectivity index (χ4n) is 1.75. The molecule has 1 heterocycles. The fraction of sp³-hybridized carbons (Fsp3) is 0.167. The van der Waals surface area contributed by atoms with E-state index in [1.165, 1.54) is 16.8 Å². The van der Waals surface area contributed by atoms with Gasteiger partial charge in [-0.3, -0.25) is 0 Å². The number of nitrogens with zero attached hydrogens (tertiary/aromatic N) is 3. The van der Waals surface area contributed by atoms with Crippen LogP contribution in [0.4, 0.5) is 5.82 Å². The van der Waals surface area contributed by atoms with Crippen LogP contribution in [0.3, 0.4) is 0 Å². The Kier molecular flexibility index (Phi) is 3.84. The van der Waals surface area contributed by atoms with E-state index in [-0.39, 0.29) is 17.9 Å². The summed E-state index contributed by atoms with van der Waals surface area (Å²) in [6.07, 6.45) is 0. The van der Waals surface area contributed by atoms with Crippen LogP contribution in [0.15, 0.2) is 28.7 Å². The van der Waals surface area contributed by atoms with Gasteiger partial charge in [0.05, 0.1) is 23.3 Å². The first-order valence-electron chi connectivity index (χ1n) is 5.57. The minimum atomic E-state index is -1.27. The lowest BCUT2D eigenvalue weighted by Gasteiger charge is -2.05. The van der Waals surface area contributed by atoms with Crippen LogP contribution in [0.25, 0.3) is 0 Å². The lowest BCUT2D eigenvalue weighted by Crippen LogP contribution is -2.22. The predicted molar refractivity (Wildman–Crippen MR) is 71.2 cm³/mol. The van der Waals surface area contributed by atoms with Crippen LogP contribution in [0.2, 0.25) is 0 Å². The van der Waals surface area contributed by atoms with E-state index in [0.29, 0.717) is 15.7 Å². The number of carbonyl (C=O) groups is 1. The van der Waals surface area contributed by atoms with Gasteiger partial charge in [0, 0.05) is 0 Å². The van der Waals surface area contributed by atoms with E-state index in [4.69, 9.17) is 0 Å². The molecule has 0 aliphatic carbocycles. The summed E-state index contributed by atoms with van der Waals surface area (Å²) in [5.74, 6) is -1.53. The van der Waals surface area contributed by atoms with Crippen molar-refractivity contribution in [1.29, 1.82) is 0 Å². The minimum absolute atomic E-state index is 0.0564. The minimum Gasteiger partial charge on any atom is -0.545 e. The maximum Gasteiger partial charge on any atom is 0.404 e. The van der Waals surface area contributed by atoms with E-state index in [2.05, 4.69) is 21.0 Å².